The number of rotatable bonds is 3. The molecule has 0 N–H and O–H groups in total. The summed E-state index contributed by atoms with van der Waals surface area (Å²) >= 11 is 0. The van der Waals surface area contributed by atoms with Crippen molar-refractivity contribution in [2.75, 3.05) is 38.3 Å². The number of benzene rings is 1. The first-order chi connectivity index (χ1) is 11.0. The molecule has 0 aliphatic carbocycles. The minimum atomic E-state index is -0.771. The van der Waals surface area contributed by atoms with Gasteiger partial charge in [-0.3, -0.25) is 9.59 Å². The second-order valence-corrected chi connectivity index (χ2v) is 6.13. The van der Waals surface area contributed by atoms with Crippen LogP contribution in [0.3, 0.4) is 0 Å². The number of hydrogen-bond donors (Lipinski definition) is 0. The van der Waals surface area contributed by atoms with Gasteiger partial charge in [-0.05, 0) is 31.9 Å². The summed E-state index contributed by atoms with van der Waals surface area (Å²) in [7, 11) is 1.58. The lowest BCUT2D eigenvalue weighted by Crippen LogP contribution is -2.57. The second-order valence-electron chi connectivity index (χ2n) is 6.13. The number of amides is 2. The van der Waals surface area contributed by atoms with Crippen LogP contribution in [0.5, 0.6) is 5.75 Å². The van der Waals surface area contributed by atoms with Crippen LogP contribution >= 0.6 is 0 Å². The Labute approximate surface area is 136 Å². The summed E-state index contributed by atoms with van der Waals surface area (Å²) < 4.78 is 10.9. The summed E-state index contributed by atoms with van der Waals surface area (Å²) in [6.07, 6.45) is 1.60. The van der Waals surface area contributed by atoms with Gasteiger partial charge in [0.2, 0.25) is 5.91 Å². The molecule has 1 aromatic rings. The van der Waals surface area contributed by atoms with Crippen LogP contribution in [-0.2, 0) is 14.3 Å². The highest BCUT2D eigenvalue weighted by Crippen LogP contribution is 2.31. The molecular formula is C17H22N2O4. The number of ether oxygens (including phenoxy) is 2. The molecule has 6 heteroatoms. The summed E-state index contributed by atoms with van der Waals surface area (Å²) in [6, 6.07) is 7.42. The van der Waals surface area contributed by atoms with Crippen LogP contribution in [0.1, 0.15) is 19.8 Å². The molecule has 6 nitrogen and oxygen atoms in total. The third kappa shape index (κ3) is 2.91. The lowest BCUT2D eigenvalue weighted by atomic mass is 10.0. The first-order valence-corrected chi connectivity index (χ1v) is 7.92. The van der Waals surface area contributed by atoms with Crippen LogP contribution in [0.15, 0.2) is 24.3 Å². The van der Waals surface area contributed by atoms with Crippen LogP contribution in [0.4, 0.5) is 5.69 Å². The molecule has 0 saturated carbocycles. The summed E-state index contributed by atoms with van der Waals surface area (Å²) in [4.78, 5) is 28.5. The van der Waals surface area contributed by atoms with E-state index in [1.165, 1.54) is 0 Å². The predicted octanol–water partition coefficient (Wildman–Crippen LogP) is 1.44. The zero-order chi connectivity index (χ0) is 16.4. The molecule has 0 bridgehead atoms. The molecule has 2 aliphatic heterocycles. The van der Waals surface area contributed by atoms with Gasteiger partial charge in [-0.2, -0.15) is 0 Å². The molecule has 2 fully saturated rings. The van der Waals surface area contributed by atoms with Crippen LogP contribution in [0.2, 0.25) is 0 Å². The number of para-hydroxylation sites is 2. The molecule has 2 heterocycles. The third-order valence-corrected chi connectivity index (χ3v) is 4.56. The SMILES string of the molecule is COc1ccccc1N1CCN(C(=O)[C@]2(C)CCCO2)CC1=O. The fourth-order valence-electron chi connectivity index (χ4n) is 3.24. The number of carbonyl (C=O) groups excluding carboxylic acids is 2. The van der Waals surface area contributed by atoms with Gasteiger partial charge < -0.3 is 19.3 Å². The van der Waals surface area contributed by atoms with E-state index in [0.717, 1.165) is 12.1 Å². The van der Waals surface area contributed by atoms with Crippen LogP contribution in [-0.4, -0.2) is 55.7 Å². The Morgan fingerprint density at radius 3 is 2.74 bits per heavy atom. The van der Waals surface area contributed by atoms with Crippen molar-refractivity contribution in [3.63, 3.8) is 0 Å². The number of methoxy groups -OCH3 is 1. The molecule has 0 radical (unpaired) electrons. The molecule has 2 saturated heterocycles. The average molecular weight is 318 g/mol. The van der Waals surface area contributed by atoms with E-state index in [1.807, 2.05) is 31.2 Å². The standard InChI is InChI=1S/C17H22N2O4/c1-17(8-5-11-23-17)16(21)18-9-10-19(15(20)12-18)13-6-3-4-7-14(13)22-2/h3-4,6-7H,5,8-12H2,1-2H3/t17-/m0/s1. The largest absolute Gasteiger partial charge is 0.495 e. The van der Waals surface area contributed by atoms with E-state index in [4.69, 9.17) is 9.47 Å². The van der Waals surface area contributed by atoms with Gasteiger partial charge in [0.1, 0.15) is 17.9 Å². The summed E-state index contributed by atoms with van der Waals surface area (Å²) in [6.45, 7) is 3.47. The van der Waals surface area contributed by atoms with E-state index in [2.05, 4.69) is 0 Å². The maximum Gasteiger partial charge on any atom is 0.255 e. The lowest BCUT2D eigenvalue weighted by Gasteiger charge is -2.38. The quantitative estimate of drug-likeness (QED) is 0.846. The molecule has 2 aliphatic rings. The number of anilines is 1. The van der Waals surface area contributed by atoms with Crippen LogP contribution in [0.25, 0.3) is 0 Å². The number of nitrogens with zero attached hydrogens (tertiary/aromatic N) is 2. The summed E-state index contributed by atoms with van der Waals surface area (Å²) in [5, 5.41) is 0. The lowest BCUT2D eigenvalue weighted by molar-refractivity contribution is -0.153. The van der Waals surface area contributed by atoms with Gasteiger partial charge in [-0.1, -0.05) is 12.1 Å². The number of piperazine rings is 1. The molecule has 1 aromatic carbocycles. The van der Waals surface area contributed by atoms with Gasteiger partial charge in [0.25, 0.3) is 5.91 Å². The van der Waals surface area contributed by atoms with Crippen molar-refractivity contribution in [2.45, 2.75) is 25.4 Å². The predicted molar refractivity (Wildman–Crippen MR) is 85.5 cm³/mol. The Morgan fingerprint density at radius 2 is 2.09 bits per heavy atom. The van der Waals surface area contributed by atoms with Gasteiger partial charge in [0, 0.05) is 19.7 Å². The van der Waals surface area contributed by atoms with Crippen molar-refractivity contribution in [3.8, 4) is 5.75 Å². The molecule has 0 unspecified atom stereocenters. The van der Waals surface area contributed by atoms with Gasteiger partial charge in [-0.15, -0.1) is 0 Å². The van der Waals surface area contributed by atoms with Crippen molar-refractivity contribution in [1.82, 2.24) is 4.90 Å². The molecule has 1 atom stereocenters. The Bertz CT molecular complexity index is 610. The second kappa shape index (κ2) is 6.20. The monoisotopic (exact) mass is 318 g/mol. The molecule has 0 aromatic heterocycles. The topological polar surface area (TPSA) is 59.1 Å². The Balaban J connectivity index is 1.73. The number of carbonyl (C=O) groups is 2. The van der Waals surface area contributed by atoms with E-state index < -0.39 is 5.60 Å². The maximum absolute atomic E-state index is 12.6. The van der Waals surface area contributed by atoms with Crippen LogP contribution < -0.4 is 9.64 Å². The van der Waals surface area contributed by atoms with Crippen molar-refractivity contribution >= 4 is 17.5 Å². The summed E-state index contributed by atoms with van der Waals surface area (Å²) in [5.74, 6) is 0.477. The molecule has 23 heavy (non-hydrogen) atoms. The highest BCUT2D eigenvalue weighted by Gasteiger charge is 2.42. The van der Waals surface area contributed by atoms with E-state index in [-0.39, 0.29) is 18.4 Å². The molecule has 2 amide bonds. The molecule has 0 spiro atoms. The Morgan fingerprint density at radius 1 is 1.30 bits per heavy atom. The Hall–Kier alpha value is -2.08. The minimum absolute atomic E-state index is 0.0792. The van der Waals surface area contributed by atoms with Gasteiger partial charge in [0.15, 0.2) is 0 Å². The van der Waals surface area contributed by atoms with Gasteiger partial charge in [-0.25, -0.2) is 0 Å². The average Bonchev–Trinajstić information content (AvgIpc) is 3.02. The van der Waals surface area contributed by atoms with Gasteiger partial charge in [0.05, 0.1) is 12.8 Å². The third-order valence-electron chi connectivity index (χ3n) is 4.56. The van der Waals surface area contributed by atoms with Crippen molar-refractivity contribution in [2.24, 2.45) is 0 Å². The first kappa shape index (κ1) is 15.8. The van der Waals surface area contributed by atoms with Crippen molar-refractivity contribution < 1.29 is 19.1 Å². The fourth-order valence-corrected chi connectivity index (χ4v) is 3.24. The van der Waals surface area contributed by atoms with E-state index in [9.17, 15) is 9.59 Å². The van der Waals surface area contributed by atoms with Crippen molar-refractivity contribution in [3.05, 3.63) is 24.3 Å². The van der Waals surface area contributed by atoms with E-state index in [1.54, 1.807) is 16.9 Å². The number of hydrogen-bond acceptors (Lipinski definition) is 4. The zero-order valence-corrected chi connectivity index (χ0v) is 13.6. The fraction of sp³-hybridized carbons (Fsp3) is 0.529. The van der Waals surface area contributed by atoms with E-state index >= 15 is 0 Å². The smallest absolute Gasteiger partial charge is 0.255 e. The van der Waals surface area contributed by atoms with Crippen LogP contribution in [0, 0.1) is 0 Å². The van der Waals surface area contributed by atoms with E-state index in [0.29, 0.717) is 31.9 Å². The summed E-state index contributed by atoms with van der Waals surface area (Å²) in [5.41, 5.74) is -0.0252. The maximum atomic E-state index is 12.6. The highest BCUT2D eigenvalue weighted by atomic mass is 16.5. The minimum Gasteiger partial charge on any atom is -0.495 e. The van der Waals surface area contributed by atoms with Crippen molar-refractivity contribution in [1.29, 1.82) is 0 Å². The Kier molecular flexibility index (Phi) is 4.26. The normalized spacial score (nSPS) is 24.9. The molecular weight excluding hydrogens is 296 g/mol. The molecule has 3 rings (SSSR count). The van der Waals surface area contributed by atoms with Gasteiger partial charge >= 0.3 is 0 Å². The zero-order valence-electron chi connectivity index (χ0n) is 13.6. The highest BCUT2D eigenvalue weighted by molar-refractivity contribution is 6.00. The molecule has 124 valence electrons. The first-order valence-electron chi connectivity index (χ1n) is 7.92.